The molecular weight excluding hydrogens is 256 g/mol. The minimum Gasteiger partial charge on any atom is -0.495 e. The second kappa shape index (κ2) is 6.72. The maximum atomic E-state index is 11.8. The second-order valence-electron chi connectivity index (χ2n) is 5.28. The maximum absolute atomic E-state index is 11.8. The molecule has 1 aliphatic rings. The van der Waals surface area contributed by atoms with Crippen LogP contribution < -0.4 is 15.4 Å². The van der Waals surface area contributed by atoms with E-state index < -0.39 is 5.60 Å². The number of rotatable bonds is 6. The van der Waals surface area contributed by atoms with Crippen LogP contribution in [0.1, 0.15) is 25.7 Å². The minimum absolute atomic E-state index is 0.143. The average Bonchev–Trinajstić information content (AvgIpc) is 2.86. The first-order chi connectivity index (χ1) is 9.63. The molecule has 110 valence electrons. The first kappa shape index (κ1) is 14.8. The molecule has 0 unspecified atom stereocenters. The van der Waals surface area contributed by atoms with Crippen molar-refractivity contribution in [2.75, 3.05) is 25.5 Å². The fourth-order valence-corrected chi connectivity index (χ4v) is 2.56. The summed E-state index contributed by atoms with van der Waals surface area (Å²) in [7, 11) is 1.57. The Kier molecular flexibility index (Phi) is 4.98. The summed E-state index contributed by atoms with van der Waals surface area (Å²) < 4.78 is 5.17. The molecule has 0 aromatic heterocycles. The van der Waals surface area contributed by atoms with Gasteiger partial charge >= 0.3 is 0 Å². The fourth-order valence-electron chi connectivity index (χ4n) is 2.56. The van der Waals surface area contributed by atoms with E-state index in [0.29, 0.717) is 18.0 Å². The van der Waals surface area contributed by atoms with Crippen LogP contribution in [0.2, 0.25) is 0 Å². The van der Waals surface area contributed by atoms with E-state index in [1.54, 1.807) is 19.2 Å². The number of methoxy groups -OCH3 is 1. The third-order valence-corrected chi connectivity index (χ3v) is 3.65. The van der Waals surface area contributed by atoms with Gasteiger partial charge in [0.15, 0.2) is 0 Å². The molecule has 5 heteroatoms. The lowest BCUT2D eigenvalue weighted by molar-refractivity contribution is -0.115. The Bertz CT molecular complexity index is 456. The first-order valence-electron chi connectivity index (χ1n) is 6.99. The topological polar surface area (TPSA) is 70.6 Å². The SMILES string of the molecule is COc1ccccc1NC(=O)CNCC1(O)CCCC1. The van der Waals surface area contributed by atoms with Gasteiger partial charge < -0.3 is 20.5 Å². The summed E-state index contributed by atoms with van der Waals surface area (Å²) in [6, 6.07) is 7.28. The van der Waals surface area contributed by atoms with Crippen molar-refractivity contribution < 1.29 is 14.6 Å². The normalized spacial score (nSPS) is 16.9. The van der Waals surface area contributed by atoms with E-state index in [4.69, 9.17) is 4.74 Å². The van der Waals surface area contributed by atoms with E-state index >= 15 is 0 Å². The third kappa shape index (κ3) is 3.95. The molecule has 0 saturated heterocycles. The Morgan fingerprint density at radius 2 is 2.05 bits per heavy atom. The summed E-state index contributed by atoms with van der Waals surface area (Å²) in [6.45, 7) is 0.646. The number of carbonyl (C=O) groups is 1. The number of nitrogens with one attached hydrogen (secondary N) is 2. The Morgan fingerprint density at radius 3 is 2.75 bits per heavy atom. The molecule has 3 N–H and O–H groups in total. The quantitative estimate of drug-likeness (QED) is 0.738. The first-order valence-corrected chi connectivity index (χ1v) is 6.99. The van der Waals surface area contributed by atoms with Gasteiger partial charge in [-0.15, -0.1) is 0 Å². The van der Waals surface area contributed by atoms with Crippen LogP contribution in [0.25, 0.3) is 0 Å². The van der Waals surface area contributed by atoms with Crippen LogP contribution >= 0.6 is 0 Å². The summed E-state index contributed by atoms with van der Waals surface area (Å²) in [6.07, 6.45) is 3.75. The van der Waals surface area contributed by atoms with Crippen LogP contribution in [0.4, 0.5) is 5.69 Å². The Hall–Kier alpha value is -1.59. The van der Waals surface area contributed by atoms with Gasteiger partial charge in [0, 0.05) is 6.54 Å². The molecule has 5 nitrogen and oxygen atoms in total. The lowest BCUT2D eigenvalue weighted by Crippen LogP contribution is -2.41. The number of aliphatic hydroxyl groups is 1. The molecule has 1 fully saturated rings. The third-order valence-electron chi connectivity index (χ3n) is 3.65. The standard InChI is InChI=1S/C15H22N2O3/c1-20-13-7-3-2-6-12(13)17-14(18)10-16-11-15(19)8-4-5-9-15/h2-3,6-7,16,19H,4-5,8-11H2,1H3,(H,17,18). The number of ether oxygens (including phenoxy) is 1. The molecule has 0 bridgehead atoms. The van der Waals surface area contributed by atoms with E-state index in [9.17, 15) is 9.90 Å². The number of carbonyl (C=O) groups excluding carboxylic acids is 1. The van der Waals surface area contributed by atoms with E-state index in [1.165, 1.54) is 0 Å². The zero-order chi connectivity index (χ0) is 14.4. The monoisotopic (exact) mass is 278 g/mol. The van der Waals surface area contributed by atoms with Gasteiger partial charge in [-0.05, 0) is 25.0 Å². The van der Waals surface area contributed by atoms with E-state index in [-0.39, 0.29) is 12.5 Å². The van der Waals surface area contributed by atoms with Crippen molar-refractivity contribution in [1.29, 1.82) is 0 Å². The predicted octanol–water partition coefficient (Wildman–Crippen LogP) is 1.53. The molecule has 0 heterocycles. The highest BCUT2D eigenvalue weighted by atomic mass is 16.5. The zero-order valence-corrected chi connectivity index (χ0v) is 11.8. The van der Waals surface area contributed by atoms with Crippen LogP contribution in [0.3, 0.4) is 0 Å². The summed E-state index contributed by atoms with van der Waals surface area (Å²) in [5, 5.41) is 16.0. The van der Waals surface area contributed by atoms with Crippen molar-refractivity contribution in [1.82, 2.24) is 5.32 Å². The number of anilines is 1. The van der Waals surface area contributed by atoms with Gasteiger partial charge in [0.25, 0.3) is 0 Å². The summed E-state index contributed by atoms with van der Waals surface area (Å²) >= 11 is 0. The van der Waals surface area contributed by atoms with Crippen molar-refractivity contribution in [3.63, 3.8) is 0 Å². The van der Waals surface area contributed by atoms with Gasteiger partial charge in [-0.3, -0.25) is 4.79 Å². The molecule has 0 aliphatic heterocycles. The fraction of sp³-hybridized carbons (Fsp3) is 0.533. The molecule has 1 aliphatic carbocycles. The molecule has 0 atom stereocenters. The zero-order valence-electron chi connectivity index (χ0n) is 11.8. The molecule has 0 radical (unpaired) electrons. The highest BCUT2D eigenvalue weighted by Crippen LogP contribution is 2.28. The molecule has 1 saturated carbocycles. The minimum atomic E-state index is -0.634. The van der Waals surface area contributed by atoms with Crippen LogP contribution in [-0.2, 0) is 4.79 Å². The van der Waals surface area contributed by atoms with Crippen molar-refractivity contribution in [3.05, 3.63) is 24.3 Å². The highest BCUT2D eigenvalue weighted by molar-refractivity contribution is 5.93. The van der Waals surface area contributed by atoms with Crippen LogP contribution in [-0.4, -0.2) is 36.8 Å². The Morgan fingerprint density at radius 1 is 1.35 bits per heavy atom. The number of amides is 1. The van der Waals surface area contributed by atoms with E-state index in [0.717, 1.165) is 25.7 Å². The number of hydrogen-bond donors (Lipinski definition) is 3. The average molecular weight is 278 g/mol. The van der Waals surface area contributed by atoms with Crippen LogP contribution in [0.15, 0.2) is 24.3 Å². The van der Waals surface area contributed by atoms with Crippen molar-refractivity contribution in [2.24, 2.45) is 0 Å². The van der Waals surface area contributed by atoms with Gasteiger partial charge in [-0.2, -0.15) is 0 Å². The highest BCUT2D eigenvalue weighted by Gasteiger charge is 2.30. The smallest absolute Gasteiger partial charge is 0.238 e. The van der Waals surface area contributed by atoms with Crippen LogP contribution in [0, 0.1) is 0 Å². The van der Waals surface area contributed by atoms with Crippen LogP contribution in [0.5, 0.6) is 5.75 Å². The molecule has 1 amide bonds. The van der Waals surface area contributed by atoms with Gasteiger partial charge in [0.05, 0.1) is 24.9 Å². The molecule has 0 spiro atoms. The summed E-state index contributed by atoms with van der Waals surface area (Å²) in [5.74, 6) is 0.492. The summed E-state index contributed by atoms with van der Waals surface area (Å²) in [4.78, 5) is 11.8. The number of benzene rings is 1. The van der Waals surface area contributed by atoms with Crippen molar-refractivity contribution >= 4 is 11.6 Å². The van der Waals surface area contributed by atoms with Gasteiger partial charge in [0.2, 0.25) is 5.91 Å². The molecule has 1 aromatic carbocycles. The van der Waals surface area contributed by atoms with Gasteiger partial charge in [0.1, 0.15) is 5.75 Å². The number of hydrogen-bond acceptors (Lipinski definition) is 4. The Labute approximate surface area is 119 Å². The summed E-state index contributed by atoms with van der Waals surface area (Å²) in [5.41, 5.74) is 0.0198. The Balaban J connectivity index is 1.78. The largest absolute Gasteiger partial charge is 0.495 e. The van der Waals surface area contributed by atoms with Gasteiger partial charge in [-0.25, -0.2) is 0 Å². The molecule has 20 heavy (non-hydrogen) atoms. The van der Waals surface area contributed by atoms with Crippen molar-refractivity contribution in [2.45, 2.75) is 31.3 Å². The van der Waals surface area contributed by atoms with E-state index in [2.05, 4.69) is 10.6 Å². The van der Waals surface area contributed by atoms with Crippen molar-refractivity contribution in [3.8, 4) is 5.75 Å². The second-order valence-corrected chi connectivity index (χ2v) is 5.28. The number of para-hydroxylation sites is 2. The molecule has 1 aromatic rings. The predicted molar refractivity (Wildman–Crippen MR) is 77.9 cm³/mol. The van der Waals surface area contributed by atoms with E-state index in [1.807, 2.05) is 12.1 Å². The lowest BCUT2D eigenvalue weighted by atomic mass is 10.0. The maximum Gasteiger partial charge on any atom is 0.238 e. The molecular formula is C15H22N2O3. The van der Waals surface area contributed by atoms with Gasteiger partial charge in [-0.1, -0.05) is 25.0 Å². The lowest BCUT2D eigenvalue weighted by Gasteiger charge is -2.22. The molecule has 2 rings (SSSR count).